The van der Waals surface area contributed by atoms with Gasteiger partial charge in [-0.2, -0.15) is 0 Å². The van der Waals surface area contributed by atoms with E-state index in [1.54, 1.807) is 0 Å². The molecule has 1 aliphatic heterocycles. The molecule has 3 heteroatoms. The lowest BCUT2D eigenvalue weighted by molar-refractivity contribution is -0.118. The van der Waals surface area contributed by atoms with Crippen LogP contribution < -0.4 is 0 Å². The molecule has 0 aliphatic carbocycles. The predicted octanol–water partition coefficient (Wildman–Crippen LogP) is 3.48. The van der Waals surface area contributed by atoms with Gasteiger partial charge in [-0.1, -0.05) is 31.6 Å². The third kappa shape index (κ3) is 5.66. The van der Waals surface area contributed by atoms with E-state index in [4.69, 9.17) is 0 Å². The van der Waals surface area contributed by atoms with E-state index in [0.29, 0.717) is 18.5 Å². The minimum Gasteiger partial charge on any atom is -0.341 e. The Labute approximate surface area is 130 Å². The lowest BCUT2D eigenvalue weighted by atomic mass is 10.0. The molecule has 21 heavy (non-hydrogen) atoms. The summed E-state index contributed by atoms with van der Waals surface area (Å²) < 4.78 is 0. The fourth-order valence-electron chi connectivity index (χ4n) is 3.05. The van der Waals surface area contributed by atoms with Crippen LogP contribution in [0.4, 0.5) is 0 Å². The lowest BCUT2D eigenvalue weighted by Crippen LogP contribution is -2.33. The Morgan fingerprint density at radius 1 is 1.48 bits per heavy atom. The average Bonchev–Trinajstić information content (AvgIpc) is 2.92. The summed E-state index contributed by atoms with van der Waals surface area (Å²) in [5.74, 6) is 0.607. The Bertz CT molecular complexity index is 373. The lowest BCUT2D eigenvalue weighted by Gasteiger charge is -2.25. The van der Waals surface area contributed by atoms with Crippen molar-refractivity contribution >= 4 is 6.41 Å². The first kappa shape index (κ1) is 18.0. The van der Waals surface area contributed by atoms with E-state index < -0.39 is 0 Å². The molecule has 1 saturated heterocycles. The molecule has 1 fully saturated rings. The van der Waals surface area contributed by atoms with Crippen LogP contribution in [0.1, 0.15) is 47.0 Å². The molecule has 1 unspecified atom stereocenters. The minimum absolute atomic E-state index is 0.607. The number of nitrogens with zero attached hydrogens (tertiary/aromatic N) is 2. The summed E-state index contributed by atoms with van der Waals surface area (Å²) in [6, 6.07) is 0.607. The van der Waals surface area contributed by atoms with E-state index in [-0.39, 0.29) is 0 Å². The summed E-state index contributed by atoms with van der Waals surface area (Å²) in [5.41, 5.74) is 2.38. The summed E-state index contributed by atoms with van der Waals surface area (Å²) in [6.45, 7) is 16.7. The second kappa shape index (κ2) is 9.04. The van der Waals surface area contributed by atoms with Gasteiger partial charge in [0.1, 0.15) is 0 Å². The largest absolute Gasteiger partial charge is 0.341 e. The van der Waals surface area contributed by atoms with Crippen LogP contribution in [0, 0.1) is 5.92 Å². The van der Waals surface area contributed by atoms with Gasteiger partial charge in [-0.15, -0.1) is 0 Å². The van der Waals surface area contributed by atoms with Gasteiger partial charge in [0.2, 0.25) is 6.41 Å². The summed E-state index contributed by atoms with van der Waals surface area (Å²) in [6.07, 6.45) is 6.41. The third-order valence-corrected chi connectivity index (χ3v) is 4.42. The van der Waals surface area contributed by atoms with Crippen LogP contribution in [0.3, 0.4) is 0 Å². The molecule has 1 heterocycles. The summed E-state index contributed by atoms with van der Waals surface area (Å²) in [5, 5.41) is 0. The van der Waals surface area contributed by atoms with Crippen molar-refractivity contribution in [3.63, 3.8) is 0 Å². The number of carbonyl (C=O) groups is 1. The minimum atomic E-state index is 0.607. The molecular formula is C18H32N2O. The SMILES string of the molecule is C=C(CCC)/C(=C/C)CN(C=O)CC1CCN(C(C)C)C1. The highest BCUT2D eigenvalue weighted by Crippen LogP contribution is 2.21. The zero-order chi connectivity index (χ0) is 15.8. The van der Waals surface area contributed by atoms with Gasteiger partial charge in [0.15, 0.2) is 0 Å². The number of amides is 1. The topological polar surface area (TPSA) is 23.6 Å². The molecule has 0 aromatic carbocycles. The predicted molar refractivity (Wildman–Crippen MR) is 90.3 cm³/mol. The Balaban J connectivity index is 2.52. The highest BCUT2D eigenvalue weighted by molar-refractivity contribution is 5.49. The molecule has 1 rings (SSSR count). The molecule has 3 nitrogen and oxygen atoms in total. The Morgan fingerprint density at radius 3 is 2.67 bits per heavy atom. The first-order chi connectivity index (χ1) is 10.0. The van der Waals surface area contributed by atoms with E-state index in [1.807, 2.05) is 11.8 Å². The summed E-state index contributed by atoms with van der Waals surface area (Å²) >= 11 is 0. The van der Waals surface area contributed by atoms with Crippen LogP contribution in [-0.4, -0.2) is 48.4 Å². The van der Waals surface area contributed by atoms with Crippen LogP contribution in [-0.2, 0) is 4.79 Å². The van der Waals surface area contributed by atoms with E-state index in [9.17, 15) is 4.79 Å². The van der Waals surface area contributed by atoms with Crippen LogP contribution in [0.2, 0.25) is 0 Å². The number of rotatable bonds is 9. The fourth-order valence-corrected chi connectivity index (χ4v) is 3.05. The van der Waals surface area contributed by atoms with Crippen molar-refractivity contribution < 1.29 is 4.79 Å². The molecule has 0 saturated carbocycles. The average molecular weight is 292 g/mol. The third-order valence-electron chi connectivity index (χ3n) is 4.42. The maximum Gasteiger partial charge on any atom is 0.210 e. The molecular weight excluding hydrogens is 260 g/mol. The summed E-state index contributed by atoms with van der Waals surface area (Å²) in [4.78, 5) is 15.8. The molecule has 1 atom stereocenters. The summed E-state index contributed by atoms with van der Waals surface area (Å²) in [7, 11) is 0. The Hall–Kier alpha value is -1.09. The van der Waals surface area contributed by atoms with Crippen molar-refractivity contribution in [1.82, 2.24) is 9.80 Å². The van der Waals surface area contributed by atoms with E-state index in [1.165, 1.54) is 17.6 Å². The maximum absolute atomic E-state index is 11.4. The van der Waals surface area contributed by atoms with Gasteiger partial charge in [0, 0.05) is 25.7 Å². The Kier molecular flexibility index (Phi) is 7.73. The van der Waals surface area contributed by atoms with Crippen molar-refractivity contribution in [3.05, 3.63) is 23.8 Å². The number of carbonyl (C=O) groups excluding carboxylic acids is 1. The number of allylic oxidation sites excluding steroid dienone is 1. The zero-order valence-electron chi connectivity index (χ0n) is 14.3. The molecule has 0 spiro atoms. The highest BCUT2D eigenvalue weighted by Gasteiger charge is 2.25. The van der Waals surface area contributed by atoms with E-state index in [0.717, 1.165) is 38.9 Å². The monoisotopic (exact) mass is 292 g/mol. The molecule has 0 bridgehead atoms. The van der Waals surface area contributed by atoms with Gasteiger partial charge in [-0.05, 0) is 51.6 Å². The molecule has 1 amide bonds. The Morgan fingerprint density at radius 2 is 2.19 bits per heavy atom. The molecule has 120 valence electrons. The fraction of sp³-hybridized carbons (Fsp3) is 0.722. The zero-order valence-corrected chi connectivity index (χ0v) is 14.3. The number of hydrogen-bond donors (Lipinski definition) is 0. The molecule has 0 aromatic heterocycles. The van der Waals surface area contributed by atoms with Crippen LogP contribution >= 0.6 is 0 Å². The number of likely N-dealkylation sites (tertiary alicyclic amines) is 1. The van der Waals surface area contributed by atoms with Gasteiger partial charge in [-0.3, -0.25) is 4.79 Å². The van der Waals surface area contributed by atoms with Gasteiger partial charge >= 0.3 is 0 Å². The van der Waals surface area contributed by atoms with Crippen molar-refractivity contribution in [2.45, 2.75) is 53.0 Å². The molecule has 1 aliphatic rings. The van der Waals surface area contributed by atoms with Crippen molar-refractivity contribution in [2.24, 2.45) is 5.92 Å². The van der Waals surface area contributed by atoms with Crippen molar-refractivity contribution in [3.8, 4) is 0 Å². The molecule has 0 radical (unpaired) electrons. The van der Waals surface area contributed by atoms with Gasteiger partial charge in [0.05, 0.1) is 0 Å². The quantitative estimate of drug-likeness (QED) is 0.480. The van der Waals surface area contributed by atoms with Crippen molar-refractivity contribution in [1.29, 1.82) is 0 Å². The van der Waals surface area contributed by atoms with Gasteiger partial charge in [0.25, 0.3) is 0 Å². The van der Waals surface area contributed by atoms with Crippen molar-refractivity contribution in [2.75, 3.05) is 26.2 Å². The van der Waals surface area contributed by atoms with Crippen LogP contribution in [0.5, 0.6) is 0 Å². The van der Waals surface area contributed by atoms with Crippen LogP contribution in [0.15, 0.2) is 23.8 Å². The van der Waals surface area contributed by atoms with E-state index >= 15 is 0 Å². The first-order valence-electron chi connectivity index (χ1n) is 8.28. The standard InChI is InChI=1S/C18H32N2O/c1-6-8-16(5)18(7-2)13-19(14-21)11-17-9-10-20(12-17)15(3)4/h7,14-15,17H,5-6,8-13H2,1-4H3/b18-7+. The number of hydrogen-bond acceptors (Lipinski definition) is 2. The second-order valence-corrected chi connectivity index (χ2v) is 6.45. The highest BCUT2D eigenvalue weighted by atomic mass is 16.1. The second-order valence-electron chi connectivity index (χ2n) is 6.45. The van der Waals surface area contributed by atoms with Gasteiger partial charge in [-0.25, -0.2) is 0 Å². The van der Waals surface area contributed by atoms with Gasteiger partial charge < -0.3 is 9.80 Å². The van der Waals surface area contributed by atoms with Crippen LogP contribution in [0.25, 0.3) is 0 Å². The smallest absolute Gasteiger partial charge is 0.210 e. The first-order valence-corrected chi connectivity index (χ1v) is 8.28. The van der Waals surface area contributed by atoms with E-state index in [2.05, 4.69) is 38.3 Å². The maximum atomic E-state index is 11.4. The normalized spacial score (nSPS) is 20.0. The molecule has 0 N–H and O–H groups in total. The molecule has 0 aromatic rings.